The van der Waals surface area contributed by atoms with Crippen LogP contribution in [0.3, 0.4) is 0 Å². The molecular formula is C38H42BF2N5O2. The van der Waals surface area contributed by atoms with Crippen LogP contribution in [0.15, 0.2) is 109 Å². The van der Waals surface area contributed by atoms with Crippen molar-refractivity contribution in [2.24, 2.45) is 0 Å². The van der Waals surface area contributed by atoms with Crippen LogP contribution < -0.4 is 5.32 Å². The van der Waals surface area contributed by atoms with Crippen LogP contribution in [0, 0.1) is 11.6 Å². The summed E-state index contributed by atoms with van der Waals surface area (Å²) in [4.78, 5) is 0. The van der Waals surface area contributed by atoms with E-state index in [4.69, 9.17) is 9.31 Å². The standard InChI is InChI=1S/C38H42BF2N5O2/c1-36(2)37(3,4)48-39(47-36)25-15-14-22-34(35-43-44-45-46(35)27-28-26-32(40)23-24-33(28)41)42-38(29-16-8-5-9-17-29,30-18-10-6-11-19-30)31-20-12-7-13-21-31/h5-13,16-21,23-24,26,34,42H,14-15,22,25,27H2,1-4H3. The second kappa shape index (κ2) is 14.1. The molecule has 0 aliphatic carbocycles. The fourth-order valence-electron chi connectivity index (χ4n) is 6.48. The Morgan fingerprint density at radius 3 is 1.85 bits per heavy atom. The van der Waals surface area contributed by atoms with Gasteiger partial charge in [0.05, 0.1) is 29.3 Å². The summed E-state index contributed by atoms with van der Waals surface area (Å²) in [5.74, 6) is -0.506. The van der Waals surface area contributed by atoms with E-state index in [-0.39, 0.29) is 19.2 Å². The number of halogens is 2. The highest BCUT2D eigenvalue weighted by Gasteiger charge is 2.50. The minimum atomic E-state index is -0.805. The zero-order valence-electron chi connectivity index (χ0n) is 27.9. The third-order valence-electron chi connectivity index (χ3n) is 9.69. The maximum absolute atomic E-state index is 14.8. The van der Waals surface area contributed by atoms with Crippen LogP contribution in [0.1, 0.15) is 81.1 Å². The van der Waals surface area contributed by atoms with Gasteiger partial charge in [0, 0.05) is 5.56 Å². The van der Waals surface area contributed by atoms with Crippen LogP contribution in [-0.4, -0.2) is 38.5 Å². The lowest BCUT2D eigenvalue weighted by Crippen LogP contribution is -2.47. The van der Waals surface area contributed by atoms with E-state index >= 15 is 0 Å². The Labute approximate surface area is 281 Å². The van der Waals surface area contributed by atoms with E-state index in [2.05, 4.69) is 84.9 Å². The molecule has 1 N–H and O–H groups in total. The van der Waals surface area contributed by atoms with Crippen molar-refractivity contribution >= 4 is 7.12 Å². The zero-order chi connectivity index (χ0) is 33.8. The molecule has 0 amide bonds. The summed E-state index contributed by atoms with van der Waals surface area (Å²) in [6.45, 7) is 8.22. The largest absolute Gasteiger partial charge is 0.457 e. The quantitative estimate of drug-likeness (QED) is 0.0795. The first-order chi connectivity index (χ1) is 23.1. The van der Waals surface area contributed by atoms with Crippen LogP contribution in [0.4, 0.5) is 8.78 Å². The van der Waals surface area contributed by atoms with Gasteiger partial charge in [0.15, 0.2) is 5.82 Å². The third kappa shape index (κ3) is 6.97. The number of hydrogen-bond acceptors (Lipinski definition) is 6. The minimum absolute atomic E-state index is 0.0208. The molecule has 0 radical (unpaired) electrons. The monoisotopic (exact) mass is 649 g/mol. The van der Waals surface area contributed by atoms with Crippen molar-refractivity contribution in [1.82, 2.24) is 25.5 Å². The normalized spacial score (nSPS) is 16.2. The van der Waals surface area contributed by atoms with Crippen molar-refractivity contribution in [1.29, 1.82) is 0 Å². The van der Waals surface area contributed by atoms with Gasteiger partial charge in [0.2, 0.25) is 0 Å². The van der Waals surface area contributed by atoms with Crippen LogP contribution in [-0.2, 0) is 21.4 Å². The van der Waals surface area contributed by atoms with Gasteiger partial charge >= 0.3 is 7.12 Å². The summed E-state index contributed by atoms with van der Waals surface area (Å²) in [5, 5.41) is 16.8. The van der Waals surface area contributed by atoms with Crippen molar-refractivity contribution in [3.8, 4) is 0 Å². The number of rotatable bonds is 13. The van der Waals surface area contributed by atoms with Gasteiger partial charge in [0.1, 0.15) is 11.6 Å². The first-order valence-electron chi connectivity index (χ1n) is 16.6. The average molecular weight is 650 g/mol. The summed E-state index contributed by atoms with van der Waals surface area (Å²) >= 11 is 0. The molecule has 1 aromatic heterocycles. The van der Waals surface area contributed by atoms with Crippen LogP contribution >= 0.6 is 0 Å². The first kappa shape index (κ1) is 33.6. The molecule has 5 aromatic rings. The third-order valence-corrected chi connectivity index (χ3v) is 9.69. The van der Waals surface area contributed by atoms with Crippen LogP contribution in [0.2, 0.25) is 6.32 Å². The van der Waals surface area contributed by atoms with Crippen molar-refractivity contribution in [3.63, 3.8) is 0 Å². The molecule has 1 saturated heterocycles. The van der Waals surface area contributed by atoms with Gasteiger partial charge in [-0.1, -0.05) is 104 Å². The number of unbranched alkanes of at least 4 members (excludes halogenated alkanes) is 1. The lowest BCUT2D eigenvalue weighted by molar-refractivity contribution is 0.00578. The van der Waals surface area contributed by atoms with E-state index in [0.29, 0.717) is 12.2 Å². The van der Waals surface area contributed by atoms with Gasteiger partial charge in [-0.2, -0.15) is 0 Å². The highest BCUT2D eigenvalue weighted by atomic mass is 19.1. The van der Waals surface area contributed by atoms with E-state index in [1.807, 2.05) is 54.6 Å². The van der Waals surface area contributed by atoms with Crippen LogP contribution in [0.25, 0.3) is 0 Å². The van der Waals surface area contributed by atoms with Gasteiger partial charge in [-0.3, -0.25) is 5.32 Å². The van der Waals surface area contributed by atoms with E-state index in [9.17, 15) is 8.78 Å². The summed E-state index contributed by atoms with van der Waals surface area (Å²) in [7, 11) is -0.292. The van der Waals surface area contributed by atoms with Crippen molar-refractivity contribution < 1.29 is 18.1 Å². The molecule has 248 valence electrons. The molecule has 10 heteroatoms. The molecule has 0 spiro atoms. The Morgan fingerprint density at radius 1 is 0.771 bits per heavy atom. The van der Waals surface area contributed by atoms with Crippen molar-refractivity contribution in [3.05, 3.63) is 149 Å². The number of hydrogen-bond donors (Lipinski definition) is 1. The van der Waals surface area contributed by atoms with Gasteiger partial charge in [-0.05, 0) is 85.8 Å². The molecule has 2 heterocycles. The number of aromatic nitrogens is 4. The Balaban J connectivity index is 1.38. The molecule has 1 atom stereocenters. The molecule has 48 heavy (non-hydrogen) atoms. The Morgan fingerprint density at radius 2 is 1.31 bits per heavy atom. The van der Waals surface area contributed by atoms with E-state index in [1.54, 1.807) is 4.68 Å². The predicted octanol–water partition coefficient (Wildman–Crippen LogP) is 7.88. The summed E-state index contributed by atoms with van der Waals surface area (Å²) < 4.78 is 43.1. The highest BCUT2D eigenvalue weighted by Crippen LogP contribution is 2.41. The zero-order valence-corrected chi connectivity index (χ0v) is 27.9. The number of benzene rings is 4. The molecule has 1 aliphatic heterocycles. The average Bonchev–Trinajstić information content (AvgIpc) is 3.63. The maximum Gasteiger partial charge on any atom is 0.457 e. The van der Waals surface area contributed by atoms with Gasteiger partial charge in [-0.15, -0.1) is 5.10 Å². The number of nitrogens with one attached hydrogen (secondary N) is 1. The topological polar surface area (TPSA) is 74.1 Å². The maximum atomic E-state index is 14.8. The molecule has 0 bridgehead atoms. The molecule has 4 aromatic carbocycles. The second-order valence-corrected chi connectivity index (χ2v) is 13.4. The number of nitrogens with zero attached hydrogens (tertiary/aromatic N) is 4. The van der Waals surface area contributed by atoms with E-state index < -0.39 is 34.4 Å². The molecule has 0 saturated carbocycles. The summed E-state index contributed by atoms with van der Waals surface area (Å²) in [6, 6.07) is 34.0. The van der Waals surface area contributed by atoms with Crippen molar-refractivity contribution in [2.45, 2.75) is 82.6 Å². The fourth-order valence-corrected chi connectivity index (χ4v) is 6.48. The minimum Gasteiger partial charge on any atom is -0.403 e. The molecule has 1 aliphatic rings. The first-order valence-corrected chi connectivity index (χ1v) is 16.6. The van der Waals surface area contributed by atoms with Crippen molar-refractivity contribution in [2.75, 3.05) is 0 Å². The second-order valence-electron chi connectivity index (χ2n) is 13.4. The molecule has 1 fully saturated rings. The Bertz CT molecular complexity index is 1670. The lowest BCUT2D eigenvalue weighted by atomic mass is 9.76. The van der Waals surface area contributed by atoms with Gasteiger partial charge in [0.25, 0.3) is 0 Å². The molecule has 7 nitrogen and oxygen atoms in total. The molecule has 1 unspecified atom stereocenters. The van der Waals surface area contributed by atoms with Crippen LogP contribution in [0.5, 0.6) is 0 Å². The Kier molecular flexibility index (Phi) is 9.87. The summed E-state index contributed by atoms with van der Waals surface area (Å²) in [6.07, 6.45) is 3.03. The smallest absolute Gasteiger partial charge is 0.403 e. The predicted molar refractivity (Wildman–Crippen MR) is 183 cm³/mol. The highest BCUT2D eigenvalue weighted by molar-refractivity contribution is 6.45. The van der Waals surface area contributed by atoms with Gasteiger partial charge < -0.3 is 9.31 Å². The SMILES string of the molecule is CC1(C)OB(CCCCC(NC(c2ccccc2)(c2ccccc2)c2ccccc2)c2nnnn2Cc2cc(F)ccc2F)OC1(C)C. The lowest BCUT2D eigenvalue weighted by Gasteiger charge is -2.40. The van der Waals surface area contributed by atoms with Gasteiger partial charge in [-0.25, -0.2) is 13.5 Å². The number of tetrazole rings is 1. The molecule has 6 rings (SSSR count). The summed E-state index contributed by atoms with van der Waals surface area (Å²) in [5.41, 5.74) is 1.71. The molecular weight excluding hydrogens is 607 g/mol. The Hall–Kier alpha value is -4.25. The van der Waals surface area contributed by atoms with E-state index in [0.717, 1.165) is 48.0 Å². The van der Waals surface area contributed by atoms with E-state index in [1.165, 1.54) is 6.07 Å². The fraction of sp³-hybridized carbons (Fsp3) is 0.342.